The molecule has 1 aromatic carbocycles. The van der Waals surface area contributed by atoms with Gasteiger partial charge in [-0.1, -0.05) is 12.8 Å². The highest BCUT2D eigenvalue weighted by atomic mass is 127. The fraction of sp³-hybridized carbons (Fsp3) is 0.462. The number of hydrogen-bond donors (Lipinski definition) is 1. The Morgan fingerprint density at radius 1 is 1.39 bits per heavy atom. The van der Waals surface area contributed by atoms with E-state index in [-0.39, 0.29) is 5.82 Å². The lowest BCUT2D eigenvalue weighted by Gasteiger charge is -2.12. The Labute approximate surface area is 119 Å². The summed E-state index contributed by atoms with van der Waals surface area (Å²) < 4.78 is 16.2. The van der Waals surface area contributed by atoms with E-state index in [0.29, 0.717) is 15.4 Å². The van der Waals surface area contributed by atoms with E-state index in [1.807, 2.05) is 27.2 Å². The fourth-order valence-electron chi connectivity index (χ4n) is 2.78. The van der Waals surface area contributed by atoms with E-state index >= 15 is 0 Å². The van der Waals surface area contributed by atoms with Gasteiger partial charge < -0.3 is 10.3 Å². The van der Waals surface area contributed by atoms with Gasteiger partial charge in [0.25, 0.3) is 0 Å². The minimum atomic E-state index is -0.198. The van der Waals surface area contributed by atoms with Crippen LogP contribution in [-0.2, 0) is 6.54 Å². The fourth-order valence-corrected chi connectivity index (χ4v) is 3.23. The summed E-state index contributed by atoms with van der Waals surface area (Å²) >= 11 is 1.98. The van der Waals surface area contributed by atoms with Crippen molar-refractivity contribution in [3.8, 4) is 0 Å². The van der Waals surface area contributed by atoms with E-state index in [4.69, 9.17) is 5.73 Å². The number of anilines is 1. The van der Waals surface area contributed by atoms with Crippen LogP contribution < -0.4 is 5.73 Å². The number of halogens is 2. The van der Waals surface area contributed by atoms with Gasteiger partial charge in [-0.15, -0.1) is 0 Å². The Balaban J connectivity index is 2.04. The van der Waals surface area contributed by atoms with Gasteiger partial charge >= 0.3 is 0 Å². The summed E-state index contributed by atoms with van der Waals surface area (Å²) in [6, 6.07) is 3.31. The van der Waals surface area contributed by atoms with Gasteiger partial charge in [-0.25, -0.2) is 9.37 Å². The number of nitrogen functional groups attached to an aromatic ring is 1. The van der Waals surface area contributed by atoms with Crippen molar-refractivity contribution in [1.82, 2.24) is 9.55 Å². The molecule has 1 saturated carbocycles. The second-order valence-corrected chi connectivity index (χ2v) is 6.15. The maximum atomic E-state index is 13.7. The number of nitrogens with two attached hydrogens (primary N) is 1. The maximum absolute atomic E-state index is 13.7. The minimum absolute atomic E-state index is 0.198. The molecule has 0 saturated heterocycles. The highest BCUT2D eigenvalue weighted by Gasteiger charge is 2.19. The third-order valence-corrected chi connectivity index (χ3v) is 4.56. The molecule has 1 aliphatic rings. The first kappa shape index (κ1) is 12.2. The molecule has 1 heterocycles. The van der Waals surface area contributed by atoms with Crippen molar-refractivity contribution in [2.24, 2.45) is 5.92 Å². The molecule has 0 aliphatic heterocycles. The molecule has 1 fully saturated rings. The second kappa shape index (κ2) is 4.68. The number of rotatable bonds is 2. The molecule has 3 nitrogen and oxygen atoms in total. The number of hydrogen-bond acceptors (Lipinski definition) is 2. The van der Waals surface area contributed by atoms with Crippen LogP contribution in [0.1, 0.15) is 25.7 Å². The summed E-state index contributed by atoms with van der Waals surface area (Å²) in [7, 11) is 0. The SMILES string of the molecule is Nc1nc2cc(I)c(F)cc2n1CC1CCCC1. The monoisotopic (exact) mass is 359 g/mol. The molecule has 1 aliphatic carbocycles. The summed E-state index contributed by atoms with van der Waals surface area (Å²) in [5, 5.41) is 0. The number of fused-ring (bicyclic) bond motifs is 1. The molecule has 1 aromatic heterocycles. The van der Waals surface area contributed by atoms with Crippen LogP contribution in [0, 0.1) is 15.3 Å². The molecule has 0 atom stereocenters. The normalized spacial score (nSPS) is 16.8. The predicted octanol–water partition coefficient (Wildman–Crippen LogP) is 3.55. The van der Waals surface area contributed by atoms with Crippen molar-refractivity contribution in [3.05, 3.63) is 21.5 Å². The molecule has 96 valence electrons. The van der Waals surface area contributed by atoms with Crippen molar-refractivity contribution in [2.45, 2.75) is 32.2 Å². The van der Waals surface area contributed by atoms with E-state index in [9.17, 15) is 4.39 Å². The molecular weight excluding hydrogens is 344 g/mol. The molecule has 0 unspecified atom stereocenters. The zero-order chi connectivity index (χ0) is 12.7. The first-order valence-electron chi connectivity index (χ1n) is 6.26. The average molecular weight is 359 g/mol. The number of imidazole rings is 1. The van der Waals surface area contributed by atoms with Gasteiger partial charge in [-0.2, -0.15) is 0 Å². The minimum Gasteiger partial charge on any atom is -0.369 e. The van der Waals surface area contributed by atoms with Gasteiger partial charge in [-0.3, -0.25) is 0 Å². The van der Waals surface area contributed by atoms with Crippen LogP contribution >= 0.6 is 22.6 Å². The third kappa shape index (κ3) is 2.08. The first-order chi connectivity index (χ1) is 8.65. The summed E-state index contributed by atoms with van der Waals surface area (Å²) in [5.41, 5.74) is 7.56. The summed E-state index contributed by atoms with van der Waals surface area (Å²) in [6.45, 7) is 0.863. The predicted molar refractivity (Wildman–Crippen MR) is 78.8 cm³/mol. The molecule has 0 radical (unpaired) electrons. The lowest BCUT2D eigenvalue weighted by molar-refractivity contribution is 0.467. The van der Waals surface area contributed by atoms with E-state index in [1.54, 1.807) is 12.1 Å². The molecule has 2 aromatic rings. The highest BCUT2D eigenvalue weighted by Crippen LogP contribution is 2.29. The standard InChI is InChI=1S/C13H15FIN3/c14-9-5-12-11(6-10(9)15)17-13(16)18(12)7-8-3-1-2-4-8/h5-6,8H,1-4,7H2,(H2,16,17). The molecule has 0 amide bonds. The van der Waals surface area contributed by atoms with E-state index in [1.165, 1.54) is 25.7 Å². The van der Waals surface area contributed by atoms with Gasteiger partial charge in [0, 0.05) is 12.6 Å². The Bertz CT molecular complexity index is 587. The lowest BCUT2D eigenvalue weighted by Crippen LogP contribution is -2.10. The topological polar surface area (TPSA) is 43.8 Å². The largest absolute Gasteiger partial charge is 0.369 e. The molecule has 5 heteroatoms. The Kier molecular flexibility index (Phi) is 3.17. The average Bonchev–Trinajstić information content (AvgIpc) is 2.92. The molecule has 3 rings (SSSR count). The van der Waals surface area contributed by atoms with Gasteiger partial charge in [0.15, 0.2) is 0 Å². The van der Waals surface area contributed by atoms with E-state index in [0.717, 1.165) is 17.6 Å². The van der Waals surface area contributed by atoms with E-state index in [2.05, 4.69) is 4.98 Å². The second-order valence-electron chi connectivity index (χ2n) is 4.99. The molecule has 0 spiro atoms. The zero-order valence-corrected chi connectivity index (χ0v) is 12.2. The maximum Gasteiger partial charge on any atom is 0.201 e. The van der Waals surface area contributed by atoms with Crippen LogP contribution in [0.5, 0.6) is 0 Å². The summed E-state index contributed by atoms with van der Waals surface area (Å²) in [6.07, 6.45) is 5.07. The van der Waals surface area contributed by atoms with Crippen molar-refractivity contribution >= 4 is 39.6 Å². The van der Waals surface area contributed by atoms with Gasteiger partial charge in [-0.05, 0) is 47.4 Å². The van der Waals surface area contributed by atoms with Crippen LogP contribution in [0.15, 0.2) is 12.1 Å². The smallest absolute Gasteiger partial charge is 0.201 e. The summed E-state index contributed by atoms with van der Waals surface area (Å²) in [4.78, 5) is 4.33. The number of benzene rings is 1. The lowest BCUT2D eigenvalue weighted by atomic mass is 10.1. The van der Waals surface area contributed by atoms with Crippen molar-refractivity contribution < 1.29 is 4.39 Å². The van der Waals surface area contributed by atoms with E-state index < -0.39 is 0 Å². The van der Waals surface area contributed by atoms with Crippen LogP contribution in [0.25, 0.3) is 11.0 Å². The van der Waals surface area contributed by atoms with Crippen molar-refractivity contribution in [1.29, 1.82) is 0 Å². The van der Waals surface area contributed by atoms with Crippen LogP contribution in [-0.4, -0.2) is 9.55 Å². The number of aromatic nitrogens is 2. The molecular formula is C13H15FIN3. The van der Waals surface area contributed by atoms with Crippen LogP contribution in [0.2, 0.25) is 0 Å². The first-order valence-corrected chi connectivity index (χ1v) is 7.34. The van der Waals surface area contributed by atoms with Crippen molar-refractivity contribution in [3.63, 3.8) is 0 Å². The van der Waals surface area contributed by atoms with Crippen LogP contribution in [0.3, 0.4) is 0 Å². The molecule has 2 N–H and O–H groups in total. The molecule has 18 heavy (non-hydrogen) atoms. The Morgan fingerprint density at radius 2 is 2.11 bits per heavy atom. The number of nitrogens with zero attached hydrogens (tertiary/aromatic N) is 2. The Hall–Kier alpha value is -0.850. The van der Waals surface area contributed by atoms with Gasteiger partial charge in [0.1, 0.15) is 5.82 Å². The quantitative estimate of drug-likeness (QED) is 0.834. The molecule has 0 bridgehead atoms. The highest BCUT2D eigenvalue weighted by molar-refractivity contribution is 14.1. The van der Waals surface area contributed by atoms with Crippen LogP contribution in [0.4, 0.5) is 10.3 Å². The summed E-state index contributed by atoms with van der Waals surface area (Å²) in [5.74, 6) is 0.959. The van der Waals surface area contributed by atoms with Crippen molar-refractivity contribution in [2.75, 3.05) is 5.73 Å². The van der Waals surface area contributed by atoms with Gasteiger partial charge in [0.05, 0.1) is 14.6 Å². The third-order valence-electron chi connectivity index (χ3n) is 3.74. The Morgan fingerprint density at radius 3 is 2.83 bits per heavy atom. The zero-order valence-electron chi connectivity index (χ0n) is 10.00. The van der Waals surface area contributed by atoms with Gasteiger partial charge in [0.2, 0.25) is 5.95 Å².